The lowest BCUT2D eigenvalue weighted by Gasteiger charge is -2.22. The van der Waals surface area contributed by atoms with Gasteiger partial charge in [-0.15, -0.1) is 0 Å². The molecule has 1 aromatic carbocycles. The number of rotatable bonds is 3. The third kappa shape index (κ3) is 2.91. The summed E-state index contributed by atoms with van der Waals surface area (Å²) in [6.07, 6.45) is 6.79. The molecule has 1 saturated carbocycles. The van der Waals surface area contributed by atoms with Crippen molar-refractivity contribution >= 4 is 5.69 Å². The maximum absolute atomic E-state index is 5.88. The number of hydrogen-bond donors (Lipinski definition) is 1. The SMILES string of the molecule is Cc1cc(N)ccc1OCC1CCCCC1. The van der Waals surface area contributed by atoms with Gasteiger partial charge in [0.15, 0.2) is 0 Å². The van der Waals surface area contributed by atoms with Gasteiger partial charge in [-0.3, -0.25) is 0 Å². The third-order valence-electron chi connectivity index (χ3n) is 3.40. The number of aryl methyl sites for hydroxylation is 1. The van der Waals surface area contributed by atoms with E-state index in [0.29, 0.717) is 0 Å². The molecule has 0 amide bonds. The summed E-state index contributed by atoms with van der Waals surface area (Å²) < 4.78 is 5.88. The molecule has 0 spiro atoms. The zero-order valence-electron chi connectivity index (χ0n) is 10.0. The molecule has 0 radical (unpaired) electrons. The van der Waals surface area contributed by atoms with Gasteiger partial charge in [0.05, 0.1) is 6.61 Å². The summed E-state index contributed by atoms with van der Waals surface area (Å²) in [6.45, 7) is 2.91. The molecule has 1 fully saturated rings. The highest BCUT2D eigenvalue weighted by atomic mass is 16.5. The highest BCUT2D eigenvalue weighted by Gasteiger charge is 2.14. The van der Waals surface area contributed by atoms with E-state index in [2.05, 4.69) is 0 Å². The van der Waals surface area contributed by atoms with Crippen LogP contribution in [0, 0.1) is 12.8 Å². The standard InChI is InChI=1S/C14H21NO/c1-11-9-13(15)7-8-14(11)16-10-12-5-3-2-4-6-12/h7-9,12H,2-6,10,15H2,1H3. The van der Waals surface area contributed by atoms with Gasteiger partial charge in [0.2, 0.25) is 0 Å². The monoisotopic (exact) mass is 219 g/mol. The zero-order chi connectivity index (χ0) is 11.4. The Kier molecular flexibility index (Phi) is 3.70. The molecule has 88 valence electrons. The Morgan fingerprint density at radius 2 is 2.00 bits per heavy atom. The molecule has 0 aromatic heterocycles. The summed E-state index contributed by atoms with van der Waals surface area (Å²) in [6, 6.07) is 5.85. The van der Waals surface area contributed by atoms with Crippen LogP contribution in [-0.4, -0.2) is 6.61 Å². The summed E-state index contributed by atoms with van der Waals surface area (Å²) in [5.41, 5.74) is 7.65. The van der Waals surface area contributed by atoms with E-state index in [1.807, 2.05) is 25.1 Å². The first-order valence-electron chi connectivity index (χ1n) is 6.24. The summed E-state index contributed by atoms with van der Waals surface area (Å²) >= 11 is 0. The van der Waals surface area contributed by atoms with E-state index in [4.69, 9.17) is 10.5 Å². The highest BCUT2D eigenvalue weighted by Crippen LogP contribution is 2.26. The molecule has 1 aliphatic rings. The number of nitrogen functional groups attached to an aromatic ring is 1. The van der Waals surface area contributed by atoms with Crippen LogP contribution in [-0.2, 0) is 0 Å². The second-order valence-electron chi connectivity index (χ2n) is 4.84. The van der Waals surface area contributed by atoms with Gasteiger partial charge >= 0.3 is 0 Å². The predicted molar refractivity (Wildman–Crippen MR) is 67.7 cm³/mol. The Bertz CT molecular complexity index is 343. The largest absolute Gasteiger partial charge is 0.493 e. The van der Waals surface area contributed by atoms with Gasteiger partial charge in [0.1, 0.15) is 5.75 Å². The van der Waals surface area contributed by atoms with Crippen molar-refractivity contribution in [2.75, 3.05) is 12.3 Å². The minimum absolute atomic E-state index is 0.755. The fourth-order valence-corrected chi connectivity index (χ4v) is 2.40. The summed E-state index contributed by atoms with van der Waals surface area (Å²) in [5.74, 6) is 1.74. The van der Waals surface area contributed by atoms with Gasteiger partial charge in [-0.2, -0.15) is 0 Å². The lowest BCUT2D eigenvalue weighted by atomic mass is 9.90. The first kappa shape index (κ1) is 11.3. The van der Waals surface area contributed by atoms with Crippen molar-refractivity contribution < 1.29 is 4.74 Å². The average molecular weight is 219 g/mol. The quantitative estimate of drug-likeness (QED) is 0.789. The van der Waals surface area contributed by atoms with Crippen LogP contribution in [0.1, 0.15) is 37.7 Å². The van der Waals surface area contributed by atoms with Gasteiger partial charge < -0.3 is 10.5 Å². The van der Waals surface area contributed by atoms with Crippen LogP contribution in [0.2, 0.25) is 0 Å². The minimum Gasteiger partial charge on any atom is -0.493 e. The van der Waals surface area contributed by atoms with Gasteiger partial charge in [-0.25, -0.2) is 0 Å². The van der Waals surface area contributed by atoms with Gasteiger partial charge in [-0.1, -0.05) is 19.3 Å². The molecule has 2 N–H and O–H groups in total. The van der Waals surface area contributed by atoms with Crippen molar-refractivity contribution in [2.45, 2.75) is 39.0 Å². The summed E-state index contributed by atoms with van der Waals surface area (Å²) in [4.78, 5) is 0. The number of nitrogens with two attached hydrogens (primary N) is 1. The van der Waals surface area contributed by atoms with E-state index in [1.54, 1.807) is 0 Å². The van der Waals surface area contributed by atoms with Crippen LogP contribution in [0.4, 0.5) is 5.69 Å². The van der Waals surface area contributed by atoms with Crippen LogP contribution in [0.3, 0.4) is 0 Å². The molecule has 0 atom stereocenters. The van der Waals surface area contributed by atoms with Crippen LogP contribution in [0.15, 0.2) is 18.2 Å². The first-order valence-corrected chi connectivity index (χ1v) is 6.24. The third-order valence-corrected chi connectivity index (χ3v) is 3.40. The molecule has 2 nitrogen and oxygen atoms in total. The molecule has 0 heterocycles. The molecule has 1 aromatic rings. The van der Waals surface area contributed by atoms with Crippen molar-refractivity contribution in [3.05, 3.63) is 23.8 Å². The van der Waals surface area contributed by atoms with Crippen LogP contribution in [0.5, 0.6) is 5.75 Å². The normalized spacial score (nSPS) is 17.3. The van der Waals surface area contributed by atoms with E-state index in [1.165, 1.54) is 32.1 Å². The maximum Gasteiger partial charge on any atom is 0.122 e. The highest BCUT2D eigenvalue weighted by molar-refractivity contribution is 5.47. The summed E-state index contributed by atoms with van der Waals surface area (Å²) in [7, 11) is 0. The molecule has 0 bridgehead atoms. The molecule has 0 aliphatic heterocycles. The molecule has 2 heteroatoms. The minimum atomic E-state index is 0.755. The Balaban J connectivity index is 1.88. The van der Waals surface area contributed by atoms with E-state index < -0.39 is 0 Å². The number of benzene rings is 1. The van der Waals surface area contributed by atoms with E-state index in [9.17, 15) is 0 Å². The second-order valence-corrected chi connectivity index (χ2v) is 4.84. The van der Waals surface area contributed by atoms with Crippen molar-refractivity contribution in [1.29, 1.82) is 0 Å². The molecule has 16 heavy (non-hydrogen) atoms. The topological polar surface area (TPSA) is 35.2 Å². The van der Waals surface area contributed by atoms with E-state index >= 15 is 0 Å². The van der Waals surface area contributed by atoms with Crippen molar-refractivity contribution in [2.24, 2.45) is 5.92 Å². The fraction of sp³-hybridized carbons (Fsp3) is 0.571. The second kappa shape index (κ2) is 5.24. The van der Waals surface area contributed by atoms with E-state index in [0.717, 1.165) is 29.5 Å². The first-order chi connectivity index (χ1) is 7.75. The Morgan fingerprint density at radius 3 is 2.69 bits per heavy atom. The Labute approximate surface area is 97.8 Å². The van der Waals surface area contributed by atoms with Crippen LogP contribution >= 0.6 is 0 Å². The predicted octanol–water partition coefficient (Wildman–Crippen LogP) is 3.54. The molecule has 2 rings (SSSR count). The lowest BCUT2D eigenvalue weighted by molar-refractivity contribution is 0.208. The van der Waals surface area contributed by atoms with Crippen LogP contribution in [0.25, 0.3) is 0 Å². The fourth-order valence-electron chi connectivity index (χ4n) is 2.40. The molecule has 1 aliphatic carbocycles. The van der Waals surface area contributed by atoms with Gasteiger partial charge in [0, 0.05) is 5.69 Å². The smallest absolute Gasteiger partial charge is 0.122 e. The average Bonchev–Trinajstić information content (AvgIpc) is 2.29. The van der Waals surface area contributed by atoms with Gasteiger partial charge in [0.25, 0.3) is 0 Å². The Hall–Kier alpha value is -1.18. The number of hydrogen-bond acceptors (Lipinski definition) is 2. The number of ether oxygens (including phenoxy) is 1. The van der Waals surface area contributed by atoms with Gasteiger partial charge in [-0.05, 0) is 49.4 Å². The molecular weight excluding hydrogens is 198 g/mol. The lowest BCUT2D eigenvalue weighted by Crippen LogP contribution is -2.15. The molecule has 0 saturated heterocycles. The number of anilines is 1. The zero-order valence-corrected chi connectivity index (χ0v) is 10.0. The molecular formula is C14H21NO. The maximum atomic E-state index is 5.88. The summed E-state index contributed by atoms with van der Waals surface area (Å²) in [5, 5.41) is 0. The van der Waals surface area contributed by atoms with Crippen molar-refractivity contribution in [3.8, 4) is 5.75 Å². The van der Waals surface area contributed by atoms with Crippen molar-refractivity contribution in [3.63, 3.8) is 0 Å². The molecule has 0 unspecified atom stereocenters. The van der Waals surface area contributed by atoms with E-state index in [-0.39, 0.29) is 0 Å². The Morgan fingerprint density at radius 1 is 1.25 bits per heavy atom. The van der Waals surface area contributed by atoms with Crippen molar-refractivity contribution in [1.82, 2.24) is 0 Å². The van der Waals surface area contributed by atoms with Crippen LogP contribution < -0.4 is 10.5 Å².